The summed E-state index contributed by atoms with van der Waals surface area (Å²) >= 11 is 0. The minimum atomic E-state index is 0.0837. The number of hydrogen-bond acceptors (Lipinski definition) is 5. The molecule has 0 radical (unpaired) electrons. The normalized spacial score (nSPS) is 11.4. The van der Waals surface area contributed by atoms with Gasteiger partial charge in [-0.15, -0.1) is 0 Å². The molecule has 7 nitrogen and oxygen atoms in total. The molecule has 2 N–H and O–H groups in total. The van der Waals surface area contributed by atoms with Crippen molar-refractivity contribution in [2.45, 2.75) is 59.9 Å². The minimum Gasteiger partial charge on any atom is -0.378 e. The predicted molar refractivity (Wildman–Crippen MR) is 109 cm³/mol. The molecule has 0 aromatic rings. The maximum absolute atomic E-state index is 11.5. The molecule has 7 heteroatoms. The lowest BCUT2D eigenvalue weighted by Gasteiger charge is -2.26. The highest BCUT2D eigenvalue weighted by atomic mass is 16.5. The molecule has 0 atom stereocenters. The molecule has 0 fully saturated rings. The summed E-state index contributed by atoms with van der Waals surface area (Å²) in [7, 11) is 0. The van der Waals surface area contributed by atoms with E-state index >= 15 is 0 Å². The van der Waals surface area contributed by atoms with E-state index < -0.39 is 0 Å². The van der Waals surface area contributed by atoms with E-state index in [1.807, 2.05) is 20.8 Å². The number of nitrogens with one attached hydrogen (secondary N) is 2. The Labute approximate surface area is 165 Å². The first-order chi connectivity index (χ1) is 12.9. The van der Waals surface area contributed by atoms with Crippen molar-refractivity contribution in [3.63, 3.8) is 0 Å². The van der Waals surface area contributed by atoms with Crippen LogP contribution in [-0.4, -0.2) is 75.4 Å². The largest absolute Gasteiger partial charge is 0.378 e. The SMILES string of the molecule is CCCC(=O)NCCOCCN(CCOCCNC(=O)CC(C)C)C(C)C. The van der Waals surface area contributed by atoms with Crippen LogP contribution >= 0.6 is 0 Å². The van der Waals surface area contributed by atoms with E-state index in [2.05, 4.69) is 29.4 Å². The molecule has 160 valence electrons. The van der Waals surface area contributed by atoms with Gasteiger partial charge in [-0.05, 0) is 26.2 Å². The molecule has 0 aromatic carbocycles. The Hall–Kier alpha value is -1.18. The van der Waals surface area contributed by atoms with E-state index in [0.717, 1.165) is 19.5 Å². The fraction of sp³-hybridized carbons (Fsp3) is 0.900. The summed E-state index contributed by atoms with van der Waals surface area (Å²) in [5.41, 5.74) is 0. The van der Waals surface area contributed by atoms with Gasteiger partial charge < -0.3 is 20.1 Å². The smallest absolute Gasteiger partial charge is 0.220 e. The molecule has 0 heterocycles. The highest BCUT2D eigenvalue weighted by Gasteiger charge is 2.09. The van der Waals surface area contributed by atoms with Gasteiger partial charge in [0.1, 0.15) is 0 Å². The van der Waals surface area contributed by atoms with Gasteiger partial charge >= 0.3 is 0 Å². The van der Waals surface area contributed by atoms with E-state index in [1.54, 1.807) is 0 Å². The van der Waals surface area contributed by atoms with Gasteiger partial charge in [-0.1, -0.05) is 20.8 Å². The lowest BCUT2D eigenvalue weighted by molar-refractivity contribution is -0.122. The van der Waals surface area contributed by atoms with Crippen LogP contribution in [-0.2, 0) is 19.1 Å². The lowest BCUT2D eigenvalue weighted by Crippen LogP contribution is -2.37. The summed E-state index contributed by atoms with van der Waals surface area (Å²) in [4.78, 5) is 25.2. The van der Waals surface area contributed by atoms with Gasteiger partial charge in [-0.2, -0.15) is 0 Å². The number of hydrogen-bond donors (Lipinski definition) is 2. The average Bonchev–Trinajstić information content (AvgIpc) is 2.58. The monoisotopic (exact) mass is 387 g/mol. The van der Waals surface area contributed by atoms with Crippen molar-refractivity contribution >= 4 is 11.8 Å². The van der Waals surface area contributed by atoms with Crippen molar-refractivity contribution in [3.05, 3.63) is 0 Å². The molecule has 0 aliphatic heterocycles. The number of carbonyl (C=O) groups is 2. The Balaban J connectivity index is 3.68. The summed E-state index contributed by atoms with van der Waals surface area (Å²) in [6.45, 7) is 15.5. The van der Waals surface area contributed by atoms with Gasteiger partial charge in [0.15, 0.2) is 0 Å². The molecule has 2 amide bonds. The second kappa shape index (κ2) is 17.0. The Morgan fingerprint density at radius 2 is 1.37 bits per heavy atom. The number of carbonyl (C=O) groups excluding carboxylic acids is 2. The zero-order valence-electron chi connectivity index (χ0n) is 18.0. The summed E-state index contributed by atoms with van der Waals surface area (Å²) in [5, 5.41) is 5.71. The number of nitrogens with zero attached hydrogens (tertiary/aromatic N) is 1. The minimum absolute atomic E-state index is 0.0837. The van der Waals surface area contributed by atoms with Gasteiger partial charge in [-0.25, -0.2) is 0 Å². The van der Waals surface area contributed by atoms with Crippen LogP contribution in [0.2, 0.25) is 0 Å². The molecular weight excluding hydrogens is 346 g/mol. The summed E-state index contributed by atoms with van der Waals surface area (Å²) in [6, 6.07) is 0.409. The van der Waals surface area contributed by atoms with Crippen LogP contribution in [0.15, 0.2) is 0 Å². The lowest BCUT2D eigenvalue weighted by atomic mass is 10.1. The summed E-state index contributed by atoms with van der Waals surface area (Å²) in [6.07, 6.45) is 1.99. The first-order valence-electron chi connectivity index (χ1n) is 10.3. The molecule has 0 aliphatic carbocycles. The molecule has 0 aliphatic rings. The Morgan fingerprint density at radius 3 is 1.81 bits per heavy atom. The fourth-order valence-electron chi connectivity index (χ4n) is 2.48. The molecule has 0 rings (SSSR count). The van der Waals surface area contributed by atoms with Crippen molar-refractivity contribution in [2.24, 2.45) is 5.92 Å². The van der Waals surface area contributed by atoms with Crippen molar-refractivity contribution in [1.82, 2.24) is 15.5 Å². The summed E-state index contributed by atoms with van der Waals surface area (Å²) < 4.78 is 11.2. The summed E-state index contributed by atoms with van der Waals surface area (Å²) in [5.74, 6) is 0.545. The highest BCUT2D eigenvalue weighted by molar-refractivity contribution is 5.76. The molecule has 27 heavy (non-hydrogen) atoms. The van der Waals surface area contributed by atoms with E-state index in [0.29, 0.717) is 64.3 Å². The molecule has 0 saturated heterocycles. The molecule has 0 saturated carbocycles. The third-order valence-electron chi connectivity index (χ3n) is 3.98. The Bertz CT molecular complexity index is 389. The standard InChI is InChI=1S/C20H41N3O4/c1-6-7-19(24)21-8-12-26-14-10-23(18(4)5)11-15-27-13-9-22-20(25)16-17(2)3/h17-18H,6-16H2,1-5H3,(H,21,24)(H,22,25). The van der Waals surface area contributed by atoms with E-state index in [-0.39, 0.29) is 11.8 Å². The Kier molecular flexibility index (Phi) is 16.2. The van der Waals surface area contributed by atoms with Crippen molar-refractivity contribution in [1.29, 1.82) is 0 Å². The van der Waals surface area contributed by atoms with Crippen LogP contribution < -0.4 is 10.6 Å². The number of amides is 2. The third kappa shape index (κ3) is 16.7. The third-order valence-corrected chi connectivity index (χ3v) is 3.98. The van der Waals surface area contributed by atoms with Gasteiger partial charge in [0.05, 0.1) is 26.4 Å². The average molecular weight is 388 g/mol. The van der Waals surface area contributed by atoms with E-state index in [1.165, 1.54) is 0 Å². The van der Waals surface area contributed by atoms with Crippen LogP contribution in [0, 0.1) is 5.92 Å². The Morgan fingerprint density at radius 1 is 0.852 bits per heavy atom. The molecule has 0 bridgehead atoms. The predicted octanol–water partition coefficient (Wildman–Crippen LogP) is 1.81. The van der Waals surface area contributed by atoms with Crippen LogP contribution in [0.4, 0.5) is 0 Å². The van der Waals surface area contributed by atoms with Crippen LogP contribution in [0.3, 0.4) is 0 Å². The number of ether oxygens (including phenoxy) is 2. The fourth-order valence-corrected chi connectivity index (χ4v) is 2.48. The van der Waals surface area contributed by atoms with Gasteiger partial charge in [0, 0.05) is 45.1 Å². The van der Waals surface area contributed by atoms with Gasteiger partial charge in [0.2, 0.25) is 11.8 Å². The van der Waals surface area contributed by atoms with Crippen molar-refractivity contribution < 1.29 is 19.1 Å². The van der Waals surface area contributed by atoms with E-state index in [4.69, 9.17) is 9.47 Å². The second-order valence-electron chi connectivity index (χ2n) is 7.40. The zero-order chi connectivity index (χ0) is 20.5. The maximum atomic E-state index is 11.5. The first-order valence-corrected chi connectivity index (χ1v) is 10.3. The van der Waals surface area contributed by atoms with E-state index in [9.17, 15) is 9.59 Å². The maximum Gasteiger partial charge on any atom is 0.220 e. The van der Waals surface area contributed by atoms with Crippen LogP contribution in [0.1, 0.15) is 53.9 Å². The van der Waals surface area contributed by atoms with Gasteiger partial charge in [0.25, 0.3) is 0 Å². The highest BCUT2D eigenvalue weighted by Crippen LogP contribution is 1.99. The topological polar surface area (TPSA) is 79.9 Å². The first kappa shape index (κ1) is 25.8. The molecule has 0 unspecified atom stereocenters. The van der Waals surface area contributed by atoms with Crippen molar-refractivity contribution in [2.75, 3.05) is 52.6 Å². The van der Waals surface area contributed by atoms with Crippen LogP contribution in [0.25, 0.3) is 0 Å². The zero-order valence-corrected chi connectivity index (χ0v) is 18.0. The second-order valence-corrected chi connectivity index (χ2v) is 7.40. The quantitative estimate of drug-likeness (QED) is 0.372. The van der Waals surface area contributed by atoms with Crippen molar-refractivity contribution in [3.8, 4) is 0 Å². The van der Waals surface area contributed by atoms with Gasteiger partial charge in [-0.3, -0.25) is 14.5 Å². The van der Waals surface area contributed by atoms with Crippen LogP contribution in [0.5, 0.6) is 0 Å². The molecule has 0 spiro atoms. The molecular formula is C20H41N3O4. The molecule has 0 aromatic heterocycles. The number of rotatable bonds is 17.